The van der Waals surface area contributed by atoms with Gasteiger partial charge in [0.1, 0.15) is 5.75 Å². The molecule has 0 bridgehead atoms. The third-order valence-corrected chi connectivity index (χ3v) is 4.56. The first-order valence-electron chi connectivity index (χ1n) is 6.34. The van der Waals surface area contributed by atoms with Gasteiger partial charge in [0.25, 0.3) is 15.0 Å². The number of hydrogen-bond acceptors (Lipinski definition) is 4. The Balaban J connectivity index is 2.54. The summed E-state index contributed by atoms with van der Waals surface area (Å²) in [6, 6.07) is 4.09. The molecule has 1 N–H and O–H groups in total. The van der Waals surface area contributed by atoms with Crippen molar-refractivity contribution in [3.8, 4) is 5.75 Å². The van der Waals surface area contributed by atoms with Gasteiger partial charge in [-0.25, -0.2) is 8.42 Å². The molecule has 21 heavy (non-hydrogen) atoms. The number of rotatable bonds is 7. The predicted octanol–water partition coefficient (Wildman–Crippen LogP) is 2.92. The van der Waals surface area contributed by atoms with Gasteiger partial charge in [-0.05, 0) is 46.5 Å². The molecule has 0 saturated heterocycles. The van der Waals surface area contributed by atoms with Gasteiger partial charge in [0.05, 0.1) is 9.37 Å². The number of hydrogen-bond donors (Lipinski definition) is 1. The van der Waals surface area contributed by atoms with Crippen molar-refractivity contribution in [3.05, 3.63) is 22.7 Å². The second kappa shape index (κ2) is 8.00. The zero-order valence-corrected chi connectivity index (χ0v) is 14.9. The van der Waals surface area contributed by atoms with Crippen LogP contribution in [0.3, 0.4) is 0 Å². The van der Waals surface area contributed by atoms with Gasteiger partial charge in [0, 0.05) is 17.2 Å². The van der Waals surface area contributed by atoms with Crippen molar-refractivity contribution < 1.29 is 17.9 Å². The predicted molar refractivity (Wildman–Crippen MR) is 85.1 cm³/mol. The molecular formula is C13H17BrClNO4S. The average molecular weight is 399 g/mol. The molecule has 0 aliphatic carbocycles. The molecule has 0 aromatic heterocycles. The lowest BCUT2D eigenvalue weighted by atomic mass is 10.1. The van der Waals surface area contributed by atoms with Crippen molar-refractivity contribution in [1.29, 1.82) is 0 Å². The molecule has 1 aromatic carbocycles. The Hall–Kier alpha value is -0.790. The average Bonchev–Trinajstić information content (AvgIpc) is 2.35. The smallest absolute Gasteiger partial charge is 0.261 e. The highest BCUT2D eigenvalue weighted by Crippen LogP contribution is 2.29. The van der Waals surface area contributed by atoms with E-state index < -0.39 is 9.05 Å². The van der Waals surface area contributed by atoms with Crippen LogP contribution in [0.1, 0.15) is 20.3 Å². The fraction of sp³-hybridized carbons (Fsp3) is 0.462. The molecule has 8 heteroatoms. The molecule has 0 aliphatic rings. The third kappa shape index (κ3) is 6.67. The Morgan fingerprint density at radius 3 is 2.62 bits per heavy atom. The van der Waals surface area contributed by atoms with Gasteiger partial charge in [-0.2, -0.15) is 0 Å². The fourth-order valence-corrected chi connectivity index (χ4v) is 2.87. The van der Waals surface area contributed by atoms with Crippen molar-refractivity contribution in [3.63, 3.8) is 0 Å². The number of halogens is 2. The summed E-state index contributed by atoms with van der Waals surface area (Å²) in [7, 11) is 1.45. The minimum absolute atomic E-state index is 0.0372. The minimum atomic E-state index is -3.79. The molecule has 1 amide bonds. The number of carbonyl (C=O) groups excluding carboxylic acids is 1. The topological polar surface area (TPSA) is 72.5 Å². The highest BCUT2D eigenvalue weighted by Gasteiger charge is 2.13. The molecule has 1 aromatic rings. The molecule has 0 aliphatic heterocycles. The van der Waals surface area contributed by atoms with E-state index in [1.807, 2.05) is 0 Å². The largest absolute Gasteiger partial charge is 0.483 e. The Bertz CT molecular complexity index is 604. The maximum Gasteiger partial charge on any atom is 0.261 e. The lowest BCUT2D eigenvalue weighted by Crippen LogP contribution is -2.30. The quantitative estimate of drug-likeness (QED) is 0.717. The maximum atomic E-state index is 11.6. The molecule has 118 valence electrons. The zero-order chi connectivity index (χ0) is 16.0. The van der Waals surface area contributed by atoms with Crippen molar-refractivity contribution in [2.45, 2.75) is 25.2 Å². The Morgan fingerprint density at radius 1 is 1.43 bits per heavy atom. The normalized spacial score (nSPS) is 11.5. The number of benzene rings is 1. The summed E-state index contributed by atoms with van der Waals surface area (Å²) >= 11 is 3.18. The maximum absolute atomic E-state index is 11.6. The van der Waals surface area contributed by atoms with E-state index in [-0.39, 0.29) is 17.4 Å². The first kappa shape index (κ1) is 18.3. The van der Waals surface area contributed by atoms with Gasteiger partial charge >= 0.3 is 0 Å². The van der Waals surface area contributed by atoms with Crippen LogP contribution in [0.5, 0.6) is 5.75 Å². The van der Waals surface area contributed by atoms with Gasteiger partial charge in [0.2, 0.25) is 0 Å². The molecule has 0 radical (unpaired) electrons. The summed E-state index contributed by atoms with van der Waals surface area (Å²) in [5, 5.41) is 2.74. The standard InChI is InChI=1S/C13H17BrClNO4S/c1-9(2)5-6-16-13(17)8-20-12-4-3-10(7-11(12)14)21(15,18)19/h3-4,7,9H,5-6,8H2,1-2H3,(H,16,17). The highest BCUT2D eigenvalue weighted by atomic mass is 79.9. The highest BCUT2D eigenvalue weighted by molar-refractivity contribution is 9.10. The van der Waals surface area contributed by atoms with Crippen molar-refractivity contribution >= 4 is 41.6 Å². The molecule has 1 rings (SSSR count). The summed E-state index contributed by atoms with van der Waals surface area (Å²) in [4.78, 5) is 11.5. The van der Waals surface area contributed by atoms with Crippen LogP contribution in [0.2, 0.25) is 0 Å². The second-order valence-corrected chi connectivity index (χ2v) is 8.27. The van der Waals surface area contributed by atoms with E-state index >= 15 is 0 Å². The van der Waals surface area contributed by atoms with Crippen LogP contribution in [0, 0.1) is 5.92 Å². The summed E-state index contributed by atoms with van der Waals surface area (Å²) in [5.41, 5.74) is 0. The van der Waals surface area contributed by atoms with Crippen LogP contribution in [0.4, 0.5) is 0 Å². The van der Waals surface area contributed by atoms with Gasteiger partial charge in [-0.15, -0.1) is 0 Å². The summed E-state index contributed by atoms with van der Waals surface area (Å²) in [5.74, 6) is 0.667. The summed E-state index contributed by atoms with van der Waals surface area (Å²) in [6.07, 6.45) is 0.901. The van der Waals surface area contributed by atoms with Crippen molar-refractivity contribution in [2.75, 3.05) is 13.2 Å². The van der Waals surface area contributed by atoms with Gasteiger partial charge in [-0.1, -0.05) is 13.8 Å². The van der Waals surface area contributed by atoms with E-state index in [9.17, 15) is 13.2 Å². The van der Waals surface area contributed by atoms with Crippen molar-refractivity contribution in [2.24, 2.45) is 5.92 Å². The van der Waals surface area contributed by atoms with Crippen LogP contribution in [-0.2, 0) is 13.8 Å². The van der Waals surface area contributed by atoms with Crippen LogP contribution >= 0.6 is 26.6 Å². The van der Waals surface area contributed by atoms with E-state index in [4.69, 9.17) is 15.4 Å². The second-order valence-electron chi connectivity index (χ2n) is 4.85. The minimum Gasteiger partial charge on any atom is -0.483 e. The number of carbonyl (C=O) groups is 1. The van der Waals surface area contributed by atoms with Crippen LogP contribution < -0.4 is 10.1 Å². The molecule has 0 saturated carbocycles. The van der Waals surface area contributed by atoms with E-state index in [2.05, 4.69) is 35.1 Å². The van der Waals surface area contributed by atoms with E-state index in [0.717, 1.165) is 6.42 Å². The molecular weight excluding hydrogens is 382 g/mol. The number of amides is 1. The number of nitrogens with one attached hydrogen (secondary N) is 1. The first-order chi connectivity index (χ1) is 9.70. The monoisotopic (exact) mass is 397 g/mol. The molecule has 0 fully saturated rings. The lowest BCUT2D eigenvalue weighted by molar-refractivity contribution is -0.123. The molecule has 0 unspecified atom stereocenters. The molecule has 0 atom stereocenters. The van der Waals surface area contributed by atoms with Gasteiger partial charge in [0.15, 0.2) is 6.61 Å². The summed E-state index contributed by atoms with van der Waals surface area (Å²) in [6.45, 7) is 4.62. The van der Waals surface area contributed by atoms with E-state index in [1.165, 1.54) is 18.2 Å². The molecule has 5 nitrogen and oxygen atoms in total. The molecule has 0 heterocycles. The fourth-order valence-electron chi connectivity index (χ4n) is 1.44. The van der Waals surface area contributed by atoms with Crippen molar-refractivity contribution in [1.82, 2.24) is 5.32 Å². The lowest BCUT2D eigenvalue weighted by Gasteiger charge is -2.10. The summed E-state index contributed by atoms with van der Waals surface area (Å²) < 4.78 is 28.1. The van der Waals surface area contributed by atoms with Crippen LogP contribution in [0.25, 0.3) is 0 Å². The first-order valence-corrected chi connectivity index (χ1v) is 9.44. The van der Waals surface area contributed by atoms with Gasteiger partial charge < -0.3 is 10.1 Å². The van der Waals surface area contributed by atoms with Crippen LogP contribution in [0.15, 0.2) is 27.6 Å². The van der Waals surface area contributed by atoms with Crippen LogP contribution in [-0.4, -0.2) is 27.5 Å². The SMILES string of the molecule is CC(C)CCNC(=O)COc1ccc(S(=O)(=O)Cl)cc1Br. The van der Waals surface area contributed by atoms with E-state index in [1.54, 1.807) is 0 Å². The van der Waals surface area contributed by atoms with Gasteiger partial charge in [-0.3, -0.25) is 4.79 Å². The Labute approximate surface area is 137 Å². The zero-order valence-electron chi connectivity index (χ0n) is 11.7. The van der Waals surface area contributed by atoms with E-state index in [0.29, 0.717) is 22.7 Å². The number of ether oxygens (including phenoxy) is 1. The molecule has 0 spiro atoms. The third-order valence-electron chi connectivity index (χ3n) is 2.59. The Morgan fingerprint density at radius 2 is 2.10 bits per heavy atom. The Kier molecular flexibility index (Phi) is 6.96.